The van der Waals surface area contributed by atoms with Gasteiger partial charge in [0.15, 0.2) is 0 Å². The molecular weight excluding hydrogens is 304 g/mol. The highest BCUT2D eigenvalue weighted by atomic mass is 16.5. The highest BCUT2D eigenvalue weighted by Gasteiger charge is 2.12. The van der Waals surface area contributed by atoms with E-state index in [2.05, 4.69) is 13.8 Å². The summed E-state index contributed by atoms with van der Waals surface area (Å²) in [6, 6.07) is 0. The molecule has 0 aliphatic heterocycles. The van der Waals surface area contributed by atoms with E-state index >= 15 is 0 Å². The number of hydrogen-bond donors (Lipinski definition) is 1. The van der Waals surface area contributed by atoms with Crippen molar-refractivity contribution in [3.8, 4) is 0 Å². The van der Waals surface area contributed by atoms with Gasteiger partial charge in [-0.25, -0.2) is 0 Å². The van der Waals surface area contributed by atoms with E-state index in [9.17, 15) is 9.59 Å². The first-order valence-electron chi connectivity index (χ1n) is 10.0. The lowest BCUT2D eigenvalue weighted by Gasteiger charge is -2.16. The van der Waals surface area contributed by atoms with Crippen molar-refractivity contribution in [1.29, 1.82) is 0 Å². The van der Waals surface area contributed by atoms with Crippen molar-refractivity contribution in [1.82, 2.24) is 0 Å². The SMILES string of the molecule is CCCCCCCCCCCC(CC)OC(=O)CCCCC(=O)O. The first kappa shape index (κ1) is 22.9. The lowest BCUT2D eigenvalue weighted by molar-refractivity contribution is -0.150. The van der Waals surface area contributed by atoms with Gasteiger partial charge in [-0.05, 0) is 32.1 Å². The van der Waals surface area contributed by atoms with E-state index in [1.54, 1.807) is 0 Å². The molecule has 0 aromatic rings. The van der Waals surface area contributed by atoms with Crippen LogP contribution in [0.25, 0.3) is 0 Å². The Labute approximate surface area is 148 Å². The lowest BCUT2D eigenvalue weighted by atomic mass is 10.0. The molecule has 142 valence electrons. The molecule has 0 saturated heterocycles. The number of rotatable bonds is 17. The van der Waals surface area contributed by atoms with Gasteiger partial charge in [0.05, 0.1) is 0 Å². The number of ether oxygens (including phenoxy) is 1. The summed E-state index contributed by atoms with van der Waals surface area (Å²) in [4.78, 5) is 22.2. The molecule has 24 heavy (non-hydrogen) atoms. The first-order chi connectivity index (χ1) is 11.6. The molecule has 0 aliphatic rings. The quantitative estimate of drug-likeness (QED) is 0.265. The number of hydrogen-bond acceptors (Lipinski definition) is 3. The molecule has 1 unspecified atom stereocenters. The van der Waals surface area contributed by atoms with Crippen molar-refractivity contribution in [2.75, 3.05) is 0 Å². The van der Waals surface area contributed by atoms with Crippen LogP contribution in [-0.4, -0.2) is 23.1 Å². The summed E-state index contributed by atoms with van der Waals surface area (Å²) in [6.07, 6.45) is 15.1. The summed E-state index contributed by atoms with van der Waals surface area (Å²) in [5.74, 6) is -0.983. The van der Waals surface area contributed by atoms with Gasteiger partial charge in [0, 0.05) is 12.8 Å². The van der Waals surface area contributed by atoms with Gasteiger partial charge in [0.1, 0.15) is 6.10 Å². The second kappa shape index (κ2) is 16.8. The van der Waals surface area contributed by atoms with Crippen molar-refractivity contribution in [2.24, 2.45) is 0 Å². The van der Waals surface area contributed by atoms with Gasteiger partial charge >= 0.3 is 11.9 Å². The highest BCUT2D eigenvalue weighted by Crippen LogP contribution is 2.15. The van der Waals surface area contributed by atoms with Crippen LogP contribution >= 0.6 is 0 Å². The van der Waals surface area contributed by atoms with E-state index in [1.165, 1.54) is 51.4 Å². The Balaban J connectivity index is 3.54. The third-order valence-corrected chi connectivity index (χ3v) is 4.40. The van der Waals surface area contributed by atoms with E-state index in [0.29, 0.717) is 19.3 Å². The molecule has 4 heteroatoms. The minimum atomic E-state index is -0.805. The minimum absolute atomic E-state index is 0.0292. The zero-order valence-corrected chi connectivity index (χ0v) is 15.9. The molecule has 0 saturated carbocycles. The number of carboxylic acids is 1. The normalized spacial score (nSPS) is 12.1. The topological polar surface area (TPSA) is 63.6 Å². The Kier molecular flexibility index (Phi) is 16.0. The Bertz CT molecular complexity index is 315. The maximum atomic E-state index is 11.7. The van der Waals surface area contributed by atoms with Crippen LogP contribution in [0.5, 0.6) is 0 Å². The van der Waals surface area contributed by atoms with Gasteiger partial charge in [0.25, 0.3) is 0 Å². The molecule has 0 bridgehead atoms. The Morgan fingerprint density at radius 1 is 0.792 bits per heavy atom. The fourth-order valence-corrected chi connectivity index (χ4v) is 2.82. The van der Waals surface area contributed by atoms with Gasteiger partial charge in [0.2, 0.25) is 0 Å². The highest BCUT2D eigenvalue weighted by molar-refractivity contribution is 5.70. The first-order valence-corrected chi connectivity index (χ1v) is 10.0. The fraction of sp³-hybridized carbons (Fsp3) is 0.900. The van der Waals surface area contributed by atoms with Crippen LogP contribution in [0.1, 0.15) is 110 Å². The molecule has 0 aromatic heterocycles. The molecule has 0 spiro atoms. The van der Waals surface area contributed by atoms with Gasteiger partial charge in [-0.3, -0.25) is 9.59 Å². The Hall–Kier alpha value is -1.06. The standard InChI is InChI=1S/C20H38O4/c1-3-5-6-7-8-9-10-11-12-15-18(4-2)24-20(23)17-14-13-16-19(21)22/h18H,3-17H2,1-2H3,(H,21,22). The van der Waals surface area contributed by atoms with Crippen molar-refractivity contribution >= 4 is 11.9 Å². The number of carboxylic acid groups (broad SMARTS) is 1. The zero-order valence-electron chi connectivity index (χ0n) is 15.9. The molecule has 0 aliphatic carbocycles. The van der Waals surface area contributed by atoms with Crippen LogP contribution in [0.2, 0.25) is 0 Å². The molecule has 0 fully saturated rings. The number of aliphatic carboxylic acids is 1. The monoisotopic (exact) mass is 342 g/mol. The van der Waals surface area contributed by atoms with E-state index in [-0.39, 0.29) is 18.5 Å². The van der Waals surface area contributed by atoms with Crippen LogP contribution < -0.4 is 0 Å². The second-order valence-electron chi connectivity index (χ2n) is 6.74. The predicted molar refractivity (Wildman–Crippen MR) is 98.1 cm³/mol. The van der Waals surface area contributed by atoms with Crippen LogP contribution in [0, 0.1) is 0 Å². The summed E-state index contributed by atoms with van der Waals surface area (Å²) in [5.41, 5.74) is 0. The Morgan fingerprint density at radius 3 is 1.88 bits per heavy atom. The summed E-state index contributed by atoms with van der Waals surface area (Å²) in [6.45, 7) is 4.29. The van der Waals surface area contributed by atoms with Crippen LogP contribution in [0.3, 0.4) is 0 Å². The largest absolute Gasteiger partial charge is 0.481 e. The molecular formula is C20H38O4. The smallest absolute Gasteiger partial charge is 0.306 e. The van der Waals surface area contributed by atoms with E-state index in [1.807, 2.05) is 0 Å². The molecule has 0 rings (SSSR count). The van der Waals surface area contributed by atoms with Gasteiger partial charge in [-0.2, -0.15) is 0 Å². The molecule has 4 nitrogen and oxygen atoms in total. The van der Waals surface area contributed by atoms with Crippen molar-refractivity contribution in [3.05, 3.63) is 0 Å². The third kappa shape index (κ3) is 15.8. The molecule has 1 N–H and O–H groups in total. The number of carbonyl (C=O) groups excluding carboxylic acids is 1. The summed E-state index contributed by atoms with van der Waals surface area (Å²) in [5, 5.41) is 8.56. The maximum absolute atomic E-state index is 11.7. The summed E-state index contributed by atoms with van der Waals surface area (Å²) in [7, 11) is 0. The number of esters is 1. The number of unbranched alkanes of at least 4 members (excludes halogenated alkanes) is 9. The molecule has 1 atom stereocenters. The second-order valence-corrected chi connectivity index (χ2v) is 6.74. The zero-order chi connectivity index (χ0) is 18.0. The van der Waals surface area contributed by atoms with Gasteiger partial charge in [-0.15, -0.1) is 0 Å². The van der Waals surface area contributed by atoms with E-state index in [4.69, 9.17) is 9.84 Å². The summed E-state index contributed by atoms with van der Waals surface area (Å²) < 4.78 is 5.49. The molecule has 0 aromatic carbocycles. The minimum Gasteiger partial charge on any atom is -0.481 e. The summed E-state index contributed by atoms with van der Waals surface area (Å²) >= 11 is 0. The molecule has 0 heterocycles. The van der Waals surface area contributed by atoms with Crippen molar-refractivity contribution in [3.63, 3.8) is 0 Å². The van der Waals surface area contributed by atoms with Gasteiger partial charge < -0.3 is 9.84 Å². The van der Waals surface area contributed by atoms with Crippen molar-refractivity contribution in [2.45, 2.75) is 116 Å². The number of carbonyl (C=O) groups is 2. The third-order valence-electron chi connectivity index (χ3n) is 4.40. The Morgan fingerprint density at radius 2 is 1.33 bits per heavy atom. The average molecular weight is 343 g/mol. The fourth-order valence-electron chi connectivity index (χ4n) is 2.82. The molecule has 0 amide bonds. The predicted octanol–water partition coefficient (Wildman–Crippen LogP) is 5.87. The van der Waals surface area contributed by atoms with Crippen LogP contribution in [0.15, 0.2) is 0 Å². The maximum Gasteiger partial charge on any atom is 0.306 e. The van der Waals surface area contributed by atoms with E-state index < -0.39 is 5.97 Å². The van der Waals surface area contributed by atoms with Crippen LogP contribution in [-0.2, 0) is 14.3 Å². The van der Waals surface area contributed by atoms with Crippen molar-refractivity contribution < 1.29 is 19.4 Å². The lowest BCUT2D eigenvalue weighted by Crippen LogP contribution is -2.17. The van der Waals surface area contributed by atoms with Gasteiger partial charge in [-0.1, -0.05) is 65.2 Å². The van der Waals surface area contributed by atoms with E-state index in [0.717, 1.165) is 19.3 Å². The molecule has 0 radical (unpaired) electrons. The average Bonchev–Trinajstić information content (AvgIpc) is 2.56. The van der Waals surface area contributed by atoms with Crippen LogP contribution in [0.4, 0.5) is 0 Å².